The Morgan fingerprint density at radius 2 is 1.86 bits per heavy atom. The highest BCUT2D eigenvalue weighted by molar-refractivity contribution is 7.92. The largest absolute Gasteiger partial charge is 0.399 e. The third-order valence-electron chi connectivity index (χ3n) is 3.02. The lowest BCUT2D eigenvalue weighted by molar-refractivity contribution is 0.592. The third-order valence-corrected chi connectivity index (χ3v) is 4.93. The molecule has 0 amide bonds. The van der Waals surface area contributed by atoms with Gasteiger partial charge in [0, 0.05) is 12.2 Å². The van der Waals surface area contributed by atoms with Gasteiger partial charge in [-0.2, -0.15) is 5.26 Å². The number of hydrogen-bond acceptors (Lipinski definition) is 4. The highest BCUT2D eigenvalue weighted by Crippen LogP contribution is 2.25. The van der Waals surface area contributed by atoms with Crippen LogP contribution in [0.2, 0.25) is 0 Å². The van der Waals surface area contributed by atoms with Crippen LogP contribution in [0.5, 0.6) is 0 Å². The van der Waals surface area contributed by atoms with Crippen molar-refractivity contribution in [2.75, 3.05) is 16.6 Å². The van der Waals surface area contributed by atoms with Crippen molar-refractivity contribution in [3.63, 3.8) is 0 Å². The van der Waals surface area contributed by atoms with Gasteiger partial charge in [0.15, 0.2) is 0 Å². The second kappa shape index (κ2) is 5.85. The van der Waals surface area contributed by atoms with E-state index in [2.05, 4.69) is 0 Å². The predicted molar refractivity (Wildman–Crippen MR) is 82.2 cm³/mol. The Labute approximate surface area is 124 Å². The Kier molecular flexibility index (Phi) is 4.15. The van der Waals surface area contributed by atoms with E-state index in [0.717, 1.165) is 0 Å². The third kappa shape index (κ3) is 2.98. The van der Waals surface area contributed by atoms with Gasteiger partial charge in [-0.1, -0.05) is 6.07 Å². The summed E-state index contributed by atoms with van der Waals surface area (Å²) in [5.74, 6) is 0. The van der Waals surface area contributed by atoms with Crippen LogP contribution in [-0.2, 0) is 10.0 Å². The molecule has 5 nitrogen and oxygen atoms in total. The number of nitriles is 1. The van der Waals surface area contributed by atoms with Crippen LogP contribution in [0.15, 0.2) is 53.4 Å². The average Bonchev–Trinajstić information content (AvgIpc) is 2.48. The van der Waals surface area contributed by atoms with Gasteiger partial charge in [-0.3, -0.25) is 4.31 Å². The van der Waals surface area contributed by atoms with Crippen molar-refractivity contribution in [3.05, 3.63) is 54.1 Å². The molecule has 108 valence electrons. The van der Waals surface area contributed by atoms with E-state index >= 15 is 0 Å². The van der Waals surface area contributed by atoms with E-state index in [1.807, 2.05) is 6.07 Å². The molecule has 21 heavy (non-hydrogen) atoms. The normalized spacial score (nSPS) is 10.9. The minimum Gasteiger partial charge on any atom is -0.399 e. The number of benzene rings is 2. The van der Waals surface area contributed by atoms with Crippen molar-refractivity contribution in [1.82, 2.24) is 0 Å². The zero-order valence-electron chi connectivity index (χ0n) is 11.5. The Morgan fingerprint density at radius 1 is 1.19 bits per heavy atom. The lowest BCUT2D eigenvalue weighted by Crippen LogP contribution is -2.30. The first-order valence-corrected chi connectivity index (χ1v) is 7.81. The minimum atomic E-state index is -3.68. The van der Waals surface area contributed by atoms with Gasteiger partial charge in [-0.15, -0.1) is 0 Å². The highest BCUT2D eigenvalue weighted by Gasteiger charge is 2.23. The molecule has 0 heterocycles. The Bertz CT molecular complexity index is 777. The van der Waals surface area contributed by atoms with Crippen molar-refractivity contribution in [2.45, 2.75) is 11.8 Å². The number of hydrogen-bond donors (Lipinski definition) is 1. The molecule has 0 spiro atoms. The van der Waals surface area contributed by atoms with E-state index in [1.165, 1.54) is 28.6 Å². The van der Waals surface area contributed by atoms with E-state index < -0.39 is 10.0 Å². The highest BCUT2D eigenvalue weighted by atomic mass is 32.2. The standard InChI is InChI=1S/C15H15N3O2S/c1-2-18(14-5-3-4-13(17)10-14)21(19,20)15-8-6-12(11-16)7-9-15/h3-10H,2,17H2,1H3. The smallest absolute Gasteiger partial charge is 0.264 e. The Hall–Kier alpha value is -2.52. The number of nitrogens with two attached hydrogens (primary N) is 1. The maximum absolute atomic E-state index is 12.7. The van der Waals surface area contributed by atoms with Crippen molar-refractivity contribution in [3.8, 4) is 6.07 Å². The first-order valence-electron chi connectivity index (χ1n) is 6.37. The first-order chi connectivity index (χ1) is 9.98. The van der Waals surface area contributed by atoms with E-state index in [-0.39, 0.29) is 11.4 Å². The van der Waals surface area contributed by atoms with Gasteiger partial charge in [0.2, 0.25) is 0 Å². The molecular formula is C15H15N3O2S. The molecule has 0 aromatic heterocycles. The molecule has 2 rings (SSSR count). The predicted octanol–water partition coefficient (Wildman–Crippen LogP) is 2.36. The lowest BCUT2D eigenvalue weighted by Gasteiger charge is -2.23. The van der Waals surface area contributed by atoms with Crippen LogP contribution in [0.25, 0.3) is 0 Å². The van der Waals surface area contributed by atoms with Gasteiger partial charge in [-0.05, 0) is 49.4 Å². The molecule has 0 aliphatic heterocycles. The van der Waals surface area contributed by atoms with Gasteiger partial charge in [0.1, 0.15) is 0 Å². The Morgan fingerprint density at radius 3 is 2.38 bits per heavy atom. The maximum atomic E-state index is 12.7. The van der Waals surface area contributed by atoms with E-state index in [4.69, 9.17) is 11.0 Å². The number of rotatable bonds is 4. The SMILES string of the molecule is CCN(c1cccc(N)c1)S(=O)(=O)c1ccc(C#N)cc1. The summed E-state index contributed by atoms with van der Waals surface area (Å²) in [6.07, 6.45) is 0. The zero-order chi connectivity index (χ0) is 15.5. The molecule has 0 unspecified atom stereocenters. The number of nitrogen functional groups attached to an aromatic ring is 1. The summed E-state index contributed by atoms with van der Waals surface area (Å²) in [7, 11) is -3.68. The summed E-state index contributed by atoms with van der Waals surface area (Å²) < 4.78 is 26.6. The number of anilines is 2. The molecule has 2 aromatic rings. The number of sulfonamides is 1. The fraction of sp³-hybridized carbons (Fsp3) is 0.133. The summed E-state index contributed by atoms with van der Waals surface area (Å²) in [5, 5.41) is 8.77. The van der Waals surface area contributed by atoms with Crippen LogP contribution >= 0.6 is 0 Å². The quantitative estimate of drug-likeness (QED) is 0.878. The van der Waals surface area contributed by atoms with Crippen LogP contribution in [-0.4, -0.2) is 15.0 Å². The van der Waals surface area contributed by atoms with E-state index in [1.54, 1.807) is 31.2 Å². The van der Waals surface area contributed by atoms with Crippen molar-refractivity contribution >= 4 is 21.4 Å². The lowest BCUT2D eigenvalue weighted by atomic mass is 10.2. The minimum absolute atomic E-state index is 0.144. The zero-order valence-corrected chi connectivity index (χ0v) is 12.3. The van der Waals surface area contributed by atoms with Crippen molar-refractivity contribution < 1.29 is 8.42 Å². The van der Waals surface area contributed by atoms with Gasteiger partial charge in [0.05, 0.1) is 22.2 Å². The fourth-order valence-electron chi connectivity index (χ4n) is 2.00. The second-order valence-electron chi connectivity index (χ2n) is 4.40. The monoisotopic (exact) mass is 301 g/mol. The molecule has 0 saturated heterocycles. The molecule has 2 N–H and O–H groups in total. The van der Waals surface area contributed by atoms with Crippen molar-refractivity contribution in [1.29, 1.82) is 5.26 Å². The van der Waals surface area contributed by atoms with Crippen molar-refractivity contribution in [2.24, 2.45) is 0 Å². The molecule has 0 aliphatic rings. The van der Waals surface area contributed by atoms with Gasteiger partial charge < -0.3 is 5.73 Å². The van der Waals surface area contributed by atoms with Gasteiger partial charge in [-0.25, -0.2) is 8.42 Å². The first kappa shape index (κ1) is 14.9. The van der Waals surface area contributed by atoms with Gasteiger partial charge in [0.25, 0.3) is 10.0 Å². The molecule has 0 fully saturated rings. The number of nitrogens with zero attached hydrogens (tertiary/aromatic N) is 2. The molecule has 6 heteroatoms. The van der Waals surface area contributed by atoms with E-state index in [9.17, 15) is 8.42 Å². The molecule has 0 aliphatic carbocycles. The summed E-state index contributed by atoms with van der Waals surface area (Å²) >= 11 is 0. The maximum Gasteiger partial charge on any atom is 0.264 e. The van der Waals surface area contributed by atoms with Crippen LogP contribution in [0.4, 0.5) is 11.4 Å². The van der Waals surface area contributed by atoms with Crippen LogP contribution < -0.4 is 10.0 Å². The van der Waals surface area contributed by atoms with Gasteiger partial charge >= 0.3 is 0 Å². The fourth-order valence-corrected chi connectivity index (χ4v) is 3.47. The summed E-state index contributed by atoms with van der Waals surface area (Å²) in [4.78, 5) is 0.144. The molecule has 2 aromatic carbocycles. The topological polar surface area (TPSA) is 87.2 Å². The molecule has 0 saturated carbocycles. The summed E-state index contributed by atoms with van der Waals surface area (Å²) in [6.45, 7) is 2.04. The average molecular weight is 301 g/mol. The molecule has 0 atom stereocenters. The molecular weight excluding hydrogens is 286 g/mol. The van der Waals surface area contributed by atoms with Crippen LogP contribution in [0.1, 0.15) is 12.5 Å². The van der Waals surface area contributed by atoms with Crippen LogP contribution in [0.3, 0.4) is 0 Å². The molecule has 0 radical (unpaired) electrons. The summed E-state index contributed by atoms with van der Waals surface area (Å²) in [6, 6.07) is 14.5. The summed E-state index contributed by atoms with van der Waals surface area (Å²) in [5.41, 5.74) is 7.15. The van der Waals surface area contributed by atoms with E-state index in [0.29, 0.717) is 16.9 Å². The Balaban J connectivity index is 2.47. The molecule has 0 bridgehead atoms. The van der Waals surface area contributed by atoms with Crippen LogP contribution in [0, 0.1) is 11.3 Å². The second-order valence-corrected chi connectivity index (χ2v) is 6.26.